The maximum atomic E-state index is 11.8. The minimum absolute atomic E-state index is 0.00821. The fraction of sp³-hybridized carbons (Fsp3) is 0.318. The van der Waals surface area contributed by atoms with Crippen molar-refractivity contribution in [1.82, 2.24) is 20.2 Å². The second kappa shape index (κ2) is 10.0. The molecule has 3 rings (SSSR count). The van der Waals surface area contributed by atoms with E-state index in [-0.39, 0.29) is 5.56 Å². The molecule has 29 heavy (non-hydrogen) atoms. The van der Waals surface area contributed by atoms with Gasteiger partial charge in [0, 0.05) is 31.2 Å². The van der Waals surface area contributed by atoms with Crippen molar-refractivity contribution in [3.05, 3.63) is 86.2 Å². The van der Waals surface area contributed by atoms with Crippen LogP contribution in [-0.4, -0.2) is 22.6 Å². The number of hydrogen-bond donors (Lipinski definition) is 2. The maximum Gasteiger partial charge on any atom is 0.250 e. The zero-order valence-electron chi connectivity index (χ0n) is 17.1. The van der Waals surface area contributed by atoms with E-state index in [9.17, 15) is 4.79 Å². The average Bonchev–Trinajstić information content (AvgIpc) is 3.20. The molecule has 0 aliphatic rings. The summed E-state index contributed by atoms with van der Waals surface area (Å²) in [6, 6.07) is 13.4. The van der Waals surface area contributed by atoms with Gasteiger partial charge in [0.1, 0.15) is 5.01 Å². The van der Waals surface area contributed by atoms with E-state index in [1.807, 2.05) is 6.07 Å². The Morgan fingerprint density at radius 2 is 1.83 bits per heavy atom. The van der Waals surface area contributed by atoms with E-state index in [4.69, 9.17) is 0 Å². The van der Waals surface area contributed by atoms with Crippen molar-refractivity contribution < 1.29 is 0 Å². The van der Waals surface area contributed by atoms with E-state index in [1.54, 1.807) is 41.3 Å². The number of hydrogen-bond acceptors (Lipinski definition) is 4. The van der Waals surface area contributed by atoms with Gasteiger partial charge in [-0.15, -0.1) is 11.3 Å². The summed E-state index contributed by atoms with van der Waals surface area (Å²) in [5.41, 5.74) is 3.38. The molecule has 0 aliphatic carbocycles. The summed E-state index contributed by atoms with van der Waals surface area (Å²) in [5, 5.41) is 9.80. The van der Waals surface area contributed by atoms with E-state index in [0.29, 0.717) is 25.6 Å². The van der Waals surface area contributed by atoms with Gasteiger partial charge in [0.05, 0.1) is 18.8 Å². The molecule has 0 atom stereocenters. The fourth-order valence-electron chi connectivity index (χ4n) is 2.79. The third-order valence-corrected chi connectivity index (χ3v) is 5.39. The molecule has 0 fully saturated rings. The Morgan fingerprint density at radius 1 is 1.10 bits per heavy atom. The van der Waals surface area contributed by atoms with Crippen LogP contribution in [0.5, 0.6) is 0 Å². The van der Waals surface area contributed by atoms with Gasteiger partial charge < -0.3 is 15.2 Å². The van der Waals surface area contributed by atoms with Crippen LogP contribution < -0.4 is 16.2 Å². The van der Waals surface area contributed by atoms with E-state index in [0.717, 1.165) is 27.8 Å². The molecule has 2 aromatic heterocycles. The Kier molecular flexibility index (Phi) is 7.19. The molecule has 0 bridgehead atoms. The summed E-state index contributed by atoms with van der Waals surface area (Å²) in [6.07, 6.45) is 1.81. The predicted molar refractivity (Wildman–Crippen MR) is 119 cm³/mol. The Morgan fingerprint density at radius 3 is 2.48 bits per heavy atom. The topological polar surface area (TPSA) is 71.3 Å². The lowest BCUT2D eigenvalue weighted by Gasteiger charge is -2.11. The van der Waals surface area contributed by atoms with Crippen LogP contribution in [0, 0.1) is 0 Å². The molecule has 0 saturated carbocycles. The monoisotopic (exact) mass is 409 g/mol. The van der Waals surface area contributed by atoms with Crippen molar-refractivity contribution in [1.29, 1.82) is 0 Å². The predicted octanol–water partition coefficient (Wildman–Crippen LogP) is 3.34. The van der Waals surface area contributed by atoms with E-state index in [2.05, 4.69) is 64.1 Å². The van der Waals surface area contributed by atoms with Crippen molar-refractivity contribution >= 4 is 17.3 Å². The first kappa shape index (κ1) is 20.8. The number of thiazole rings is 1. The highest BCUT2D eigenvalue weighted by atomic mass is 32.1. The van der Waals surface area contributed by atoms with Gasteiger partial charge in [-0.3, -0.25) is 9.79 Å². The fourth-order valence-corrected chi connectivity index (χ4v) is 3.68. The van der Waals surface area contributed by atoms with Crippen molar-refractivity contribution in [2.24, 2.45) is 4.99 Å². The maximum absolute atomic E-state index is 11.8. The van der Waals surface area contributed by atoms with Crippen LogP contribution in [0.2, 0.25) is 0 Å². The molecule has 0 saturated heterocycles. The summed E-state index contributed by atoms with van der Waals surface area (Å²) >= 11 is 1.67. The van der Waals surface area contributed by atoms with E-state index in [1.165, 1.54) is 0 Å². The van der Waals surface area contributed by atoms with Gasteiger partial charge in [0.25, 0.3) is 5.56 Å². The van der Waals surface area contributed by atoms with Crippen LogP contribution in [-0.2, 0) is 19.6 Å². The first-order valence-electron chi connectivity index (χ1n) is 9.67. The first-order chi connectivity index (χ1) is 14.0. The molecule has 0 amide bonds. The molecule has 6 nitrogen and oxygen atoms in total. The molecule has 1 aromatic carbocycles. The number of aromatic nitrogens is 2. The number of rotatable bonds is 7. The van der Waals surface area contributed by atoms with Crippen LogP contribution in [0.1, 0.15) is 41.6 Å². The number of pyridine rings is 1. The Bertz CT molecular complexity index is 1000. The van der Waals surface area contributed by atoms with Crippen molar-refractivity contribution in [3.8, 4) is 0 Å². The number of aliphatic imine (C=N–C) groups is 1. The van der Waals surface area contributed by atoms with Gasteiger partial charge in [-0.2, -0.15) is 0 Å². The lowest BCUT2D eigenvalue weighted by atomic mass is 10.1. The van der Waals surface area contributed by atoms with Crippen molar-refractivity contribution in [3.63, 3.8) is 0 Å². The molecule has 3 aromatic rings. The minimum Gasteiger partial charge on any atom is -0.352 e. The zero-order valence-corrected chi connectivity index (χ0v) is 17.9. The molecule has 7 heteroatoms. The molecule has 2 heterocycles. The van der Waals surface area contributed by atoms with Gasteiger partial charge in [-0.1, -0.05) is 44.2 Å². The van der Waals surface area contributed by atoms with Gasteiger partial charge in [-0.05, 0) is 23.1 Å². The van der Waals surface area contributed by atoms with Crippen LogP contribution in [0.25, 0.3) is 0 Å². The largest absolute Gasteiger partial charge is 0.352 e. The quantitative estimate of drug-likeness (QED) is 0.464. The summed E-state index contributed by atoms with van der Waals surface area (Å²) in [6.45, 7) is 6.19. The lowest BCUT2D eigenvalue weighted by molar-refractivity contribution is 0.757. The first-order valence-corrected chi connectivity index (χ1v) is 10.5. The van der Waals surface area contributed by atoms with Crippen LogP contribution in [0.15, 0.2) is 63.8 Å². The number of nitrogens with zero attached hydrogens (tertiary/aromatic N) is 3. The molecule has 0 unspecified atom stereocenters. The van der Waals surface area contributed by atoms with Gasteiger partial charge >= 0.3 is 0 Å². The number of nitrogens with one attached hydrogen (secondary N) is 2. The molecule has 0 aliphatic heterocycles. The highest BCUT2D eigenvalue weighted by Gasteiger charge is 2.06. The molecule has 2 N–H and O–H groups in total. The van der Waals surface area contributed by atoms with Gasteiger partial charge in [-0.25, -0.2) is 4.98 Å². The highest BCUT2D eigenvalue weighted by molar-refractivity contribution is 7.09. The van der Waals surface area contributed by atoms with Crippen LogP contribution in [0.3, 0.4) is 0 Å². The lowest BCUT2D eigenvalue weighted by Crippen LogP contribution is -2.36. The standard InChI is InChI=1S/C22H27N5OS/c1-16(2)19-15-29-20(26-19)13-25-22(23-3)24-12-17-7-9-18(10-8-17)14-27-11-5-4-6-21(27)28/h4-11,15-16H,12-14H2,1-3H3,(H2,23,24,25). The second-order valence-electron chi connectivity index (χ2n) is 7.08. The Hall–Kier alpha value is -2.93. The molecular weight excluding hydrogens is 382 g/mol. The summed E-state index contributed by atoms with van der Waals surface area (Å²) in [7, 11) is 1.76. The van der Waals surface area contributed by atoms with E-state index < -0.39 is 0 Å². The van der Waals surface area contributed by atoms with Gasteiger partial charge in [0.2, 0.25) is 0 Å². The Labute approximate surface area is 175 Å². The molecule has 152 valence electrons. The number of benzene rings is 1. The summed E-state index contributed by atoms with van der Waals surface area (Å²) in [5.74, 6) is 1.19. The van der Waals surface area contributed by atoms with E-state index >= 15 is 0 Å². The third kappa shape index (κ3) is 6.02. The smallest absolute Gasteiger partial charge is 0.250 e. The summed E-state index contributed by atoms with van der Waals surface area (Å²) < 4.78 is 1.70. The SMILES string of the molecule is CN=C(NCc1ccc(Cn2ccccc2=O)cc1)NCc1nc(C(C)C)cs1. The molecule has 0 radical (unpaired) electrons. The average molecular weight is 410 g/mol. The summed E-state index contributed by atoms with van der Waals surface area (Å²) in [4.78, 5) is 20.7. The van der Waals surface area contributed by atoms with Crippen LogP contribution in [0.4, 0.5) is 0 Å². The Balaban J connectivity index is 1.50. The second-order valence-corrected chi connectivity index (χ2v) is 8.03. The number of guanidine groups is 1. The molecule has 0 spiro atoms. The zero-order chi connectivity index (χ0) is 20.6. The highest BCUT2D eigenvalue weighted by Crippen LogP contribution is 2.17. The third-order valence-electron chi connectivity index (χ3n) is 4.53. The normalized spacial score (nSPS) is 11.7. The van der Waals surface area contributed by atoms with Gasteiger partial charge in [0.15, 0.2) is 5.96 Å². The minimum atomic E-state index is 0.00821. The van der Waals surface area contributed by atoms with Crippen molar-refractivity contribution in [2.75, 3.05) is 7.05 Å². The van der Waals surface area contributed by atoms with Crippen LogP contribution >= 0.6 is 11.3 Å². The molecular formula is C22H27N5OS. The van der Waals surface area contributed by atoms with Crippen molar-refractivity contribution in [2.45, 2.75) is 39.4 Å².